The Morgan fingerprint density at radius 2 is 2.00 bits per heavy atom. The van der Waals surface area contributed by atoms with Crippen LogP contribution in [-0.2, 0) is 6.42 Å². The maximum Gasteiger partial charge on any atom is 0.137 e. The Morgan fingerprint density at radius 3 is 2.61 bits per heavy atom. The van der Waals surface area contributed by atoms with Crippen molar-refractivity contribution in [1.82, 2.24) is 10.5 Å². The van der Waals surface area contributed by atoms with Gasteiger partial charge in [0.25, 0.3) is 0 Å². The van der Waals surface area contributed by atoms with Crippen molar-refractivity contribution < 1.29 is 4.52 Å². The average Bonchev–Trinajstić information content (AvgIpc) is 2.65. The maximum absolute atomic E-state index is 5.19. The number of hydrogen-bond acceptors (Lipinski definition) is 3. The van der Waals surface area contributed by atoms with E-state index < -0.39 is 0 Å². The topological polar surface area (TPSA) is 38.1 Å². The van der Waals surface area contributed by atoms with E-state index in [1.807, 2.05) is 13.8 Å². The molecule has 3 heteroatoms. The summed E-state index contributed by atoms with van der Waals surface area (Å²) in [6, 6.07) is 0.705. The first-order valence-corrected chi connectivity index (χ1v) is 7.23. The highest BCUT2D eigenvalue weighted by Gasteiger charge is 2.23. The molecule has 1 aromatic heterocycles. The standard InChI is InChI=1S/C15H26N2O/c1-10-5-6-14(9-11(10)2)16-8-7-15-12(3)17-18-13(15)4/h10-11,14,16H,5-9H2,1-4H3/t10-,11+,14+/m0/s1. The summed E-state index contributed by atoms with van der Waals surface area (Å²) in [7, 11) is 0. The molecule has 0 saturated heterocycles. The van der Waals surface area contributed by atoms with Gasteiger partial charge < -0.3 is 9.84 Å². The van der Waals surface area contributed by atoms with Crippen LogP contribution in [0.2, 0.25) is 0 Å². The van der Waals surface area contributed by atoms with Crippen LogP contribution in [0.15, 0.2) is 4.52 Å². The highest BCUT2D eigenvalue weighted by molar-refractivity contribution is 5.20. The Morgan fingerprint density at radius 1 is 1.22 bits per heavy atom. The van der Waals surface area contributed by atoms with Crippen LogP contribution in [-0.4, -0.2) is 17.7 Å². The number of aromatic nitrogens is 1. The van der Waals surface area contributed by atoms with Crippen LogP contribution in [0, 0.1) is 25.7 Å². The van der Waals surface area contributed by atoms with Crippen molar-refractivity contribution >= 4 is 0 Å². The molecule has 2 rings (SSSR count). The molecule has 102 valence electrons. The number of nitrogens with one attached hydrogen (secondary N) is 1. The van der Waals surface area contributed by atoms with Crippen LogP contribution in [0.4, 0.5) is 0 Å². The minimum Gasteiger partial charge on any atom is -0.361 e. The maximum atomic E-state index is 5.19. The molecule has 18 heavy (non-hydrogen) atoms. The Hall–Kier alpha value is -0.830. The number of aryl methyl sites for hydroxylation is 2. The lowest BCUT2D eigenvalue weighted by molar-refractivity contribution is 0.227. The Kier molecular flexibility index (Phi) is 4.44. The predicted molar refractivity (Wildman–Crippen MR) is 73.7 cm³/mol. The number of rotatable bonds is 4. The number of hydrogen-bond donors (Lipinski definition) is 1. The van der Waals surface area contributed by atoms with Gasteiger partial charge in [-0.25, -0.2) is 0 Å². The second-order valence-electron chi connectivity index (χ2n) is 5.97. The van der Waals surface area contributed by atoms with Crippen LogP contribution in [0.5, 0.6) is 0 Å². The zero-order valence-electron chi connectivity index (χ0n) is 12.1. The lowest BCUT2D eigenvalue weighted by Gasteiger charge is -2.32. The number of nitrogens with zero attached hydrogens (tertiary/aromatic N) is 1. The largest absolute Gasteiger partial charge is 0.361 e. The van der Waals surface area contributed by atoms with Crippen molar-refractivity contribution in [3.05, 3.63) is 17.0 Å². The molecule has 1 saturated carbocycles. The molecule has 3 atom stereocenters. The lowest BCUT2D eigenvalue weighted by Crippen LogP contribution is -2.37. The minimum absolute atomic E-state index is 0.705. The predicted octanol–water partition coefficient (Wildman–Crippen LogP) is 3.25. The van der Waals surface area contributed by atoms with E-state index in [1.54, 1.807) is 0 Å². The molecule has 1 fully saturated rings. The summed E-state index contributed by atoms with van der Waals surface area (Å²) < 4.78 is 5.19. The van der Waals surface area contributed by atoms with E-state index in [-0.39, 0.29) is 0 Å². The third-order valence-corrected chi connectivity index (χ3v) is 4.59. The van der Waals surface area contributed by atoms with Gasteiger partial charge in [-0.05, 0) is 57.9 Å². The van der Waals surface area contributed by atoms with Gasteiger partial charge in [0.15, 0.2) is 0 Å². The smallest absolute Gasteiger partial charge is 0.137 e. The van der Waals surface area contributed by atoms with E-state index in [9.17, 15) is 0 Å². The van der Waals surface area contributed by atoms with Gasteiger partial charge in [0, 0.05) is 11.6 Å². The van der Waals surface area contributed by atoms with Gasteiger partial charge in [-0.15, -0.1) is 0 Å². The Balaban J connectivity index is 1.76. The molecule has 1 aromatic rings. The van der Waals surface area contributed by atoms with Crippen LogP contribution in [0.25, 0.3) is 0 Å². The van der Waals surface area contributed by atoms with Gasteiger partial charge in [0.2, 0.25) is 0 Å². The van der Waals surface area contributed by atoms with Crippen molar-refractivity contribution in [2.75, 3.05) is 6.54 Å². The highest BCUT2D eigenvalue weighted by atomic mass is 16.5. The van der Waals surface area contributed by atoms with Crippen molar-refractivity contribution in [3.8, 4) is 0 Å². The van der Waals surface area contributed by atoms with Gasteiger partial charge in [-0.1, -0.05) is 19.0 Å². The average molecular weight is 250 g/mol. The van der Waals surface area contributed by atoms with Crippen LogP contribution < -0.4 is 5.32 Å². The zero-order chi connectivity index (χ0) is 13.1. The molecule has 0 amide bonds. The summed E-state index contributed by atoms with van der Waals surface area (Å²) in [6.45, 7) is 9.82. The molecular weight excluding hydrogens is 224 g/mol. The summed E-state index contributed by atoms with van der Waals surface area (Å²) in [5, 5.41) is 7.70. The van der Waals surface area contributed by atoms with Crippen molar-refractivity contribution in [3.63, 3.8) is 0 Å². The summed E-state index contributed by atoms with van der Waals surface area (Å²) in [5.41, 5.74) is 2.32. The summed E-state index contributed by atoms with van der Waals surface area (Å²) in [5.74, 6) is 2.72. The first kappa shape index (κ1) is 13.6. The Bertz CT molecular complexity index is 366. The fourth-order valence-electron chi connectivity index (χ4n) is 2.99. The van der Waals surface area contributed by atoms with Gasteiger partial charge in [0.05, 0.1) is 5.69 Å². The molecule has 1 heterocycles. The molecule has 0 aliphatic heterocycles. The molecule has 0 spiro atoms. The first-order valence-electron chi connectivity index (χ1n) is 7.23. The fraction of sp³-hybridized carbons (Fsp3) is 0.800. The molecule has 0 bridgehead atoms. The molecule has 0 unspecified atom stereocenters. The van der Waals surface area contributed by atoms with Crippen molar-refractivity contribution in [1.29, 1.82) is 0 Å². The molecule has 1 N–H and O–H groups in total. The second kappa shape index (κ2) is 5.87. The third-order valence-electron chi connectivity index (χ3n) is 4.59. The Labute approximate surface area is 110 Å². The summed E-state index contributed by atoms with van der Waals surface area (Å²) in [6.07, 6.45) is 5.04. The van der Waals surface area contributed by atoms with E-state index in [4.69, 9.17) is 4.52 Å². The van der Waals surface area contributed by atoms with Gasteiger partial charge >= 0.3 is 0 Å². The molecule has 1 aliphatic rings. The van der Waals surface area contributed by atoms with E-state index >= 15 is 0 Å². The molecular formula is C15H26N2O. The fourth-order valence-corrected chi connectivity index (χ4v) is 2.99. The third kappa shape index (κ3) is 3.14. The SMILES string of the molecule is Cc1noc(C)c1CCN[C@@H]1CC[C@H](C)[C@H](C)C1. The van der Waals surface area contributed by atoms with Crippen molar-refractivity contribution in [2.24, 2.45) is 11.8 Å². The van der Waals surface area contributed by atoms with Gasteiger partial charge in [0.1, 0.15) is 5.76 Å². The molecule has 0 aromatic carbocycles. The van der Waals surface area contributed by atoms with E-state index in [1.165, 1.54) is 24.8 Å². The summed E-state index contributed by atoms with van der Waals surface area (Å²) >= 11 is 0. The second-order valence-corrected chi connectivity index (χ2v) is 5.97. The monoisotopic (exact) mass is 250 g/mol. The molecule has 3 nitrogen and oxygen atoms in total. The first-order chi connectivity index (χ1) is 8.58. The van der Waals surface area contributed by atoms with E-state index in [2.05, 4.69) is 24.3 Å². The van der Waals surface area contributed by atoms with Crippen LogP contribution >= 0.6 is 0 Å². The zero-order valence-corrected chi connectivity index (χ0v) is 12.1. The summed E-state index contributed by atoms with van der Waals surface area (Å²) in [4.78, 5) is 0. The lowest BCUT2D eigenvalue weighted by atomic mass is 9.79. The van der Waals surface area contributed by atoms with Gasteiger partial charge in [-0.3, -0.25) is 0 Å². The highest BCUT2D eigenvalue weighted by Crippen LogP contribution is 2.29. The van der Waals surface area contributed by atoms with Crippen molar-refractivity contribution in [2.45, 2.75) is 59.4 Å². The van der Waals surface area contributed by atoms with E-state index in [0.29, 0.717) is 6.04 Å². The molecule has 0 radical (unpaired) electrons. The normalized spacial score (nSPS) is 28.6. The quantitative estimate of drug-likeness (QED) is 0.891. The van der Waals surface area contributed by atoms with E-state index in [0.717, 1.165) is 36.3 Å². The van der Waals surface area contributed by atoms with Gasteiger partial charge in [-0.2, -0.15) is 0 Å². The van der Waals surface area contributed by atoms with Crippen LogP contribution in [0.3, 0.4) is 0 Å². The van der Waals surface area contributed by atoms with Crippen LogP contribution in [0.1, 0.15) is 50.1 Å². The molecule has 1 aliphatic carbocycles. The minimum atomic E-state index is 0.705.